The van der Waals surface area contributed by atoms with Crippen LogP contribution < -0.4 is 16.6 Å². The Bertz CT molecular complexity index is 1630. The van der Waals surface area contributed by atoms with Gasteiger partial charge in [0.2, 0.25) is 0 Å². The van der Waals surface area contributed by atoms with E-state index in [1.54, 1.807) is 53.9 Å². The molecule has 1 aromatic carbocycles. The molecule has 0 saturated heterocycles. The van der Waals surface area contributed by atoms with E-state index in [1.165, 1.54) is 10.6 Å². The van der Waals surface area contributed by atoms with Crippen molar-refractivity contribution in [1.82, 2.24) is 29.6 Å². The molecule has 0 aliphatic carbocycles. The van der Waals surface area contributed by atoms with Crippen molar-refractivity contribution in [2.75, 3.05) is 5.73 Å². The molecular weight excluding hydrogens is 454 g/mol. The van der Waals surface area contributed by atoms with Crippen molar-refractivity contribution in [3.8, 4) is 5.82 Å². The highest BCUT2D eigenvalue weighted by molar-refractivity contribution is 5.95. The van der Waals surface area contributed by atoms with Crippen molar-refractivity contribution in [3.63, 3.8) is 0 Å². The number of hydrogen-bond acceptors (Lipinski definition) is 6. The minimum atomic E-state index is -0.202. The molecule has 9 nitrogen and oxygen atoms in total. The van der Waals surface area contributed by atoms with Crippen molar-refractivity contribution in [1.29, 1.82) is 0 Å². The van der Waals surface area contributed by atoms with E-state index in [1.807, 2.05) is 32.0 Å². The number of aromatic nitrogens is 5. The summed E-state index contributed by atoms with van der Waals surface area (Å²) in [5, 5.41) is 9.27. The van der Waals surface area contributed by atoms with Crippen molar-refractivity contribution in [2.45, 2.75) is 26.9 Å². The van der Waals surface area contributed by atoms with E-state index in [0.29, 0.717) is 30.3 Å². The van der Waals surface area contributed by atoms with Gasteiger partial charge in [-0.25, -0.2) is 9.97 Å². The van der Waals surface area contributed by atoms with E-state index in [2.05, 4.69) is 20.4 Å². The second-order valence-corrected chi connectivity index (χ2v) is 8.63. The predicted molar refractivity (Wildman–Crippen MR) is 138 cm³/mol. The van der Waals surface area contributed by atoms with Gasteiger partial charge in [-0.05, 0) is 65.8 Å². The number of nitrogens with two attached hydrogens (primary N) is 1. The summed E-state index contributed by atoms with van der Waals surface area (Å²) in [7, 11) is 0. The summed E-state index contributed by atoms with van der Waals surface area (Å²) < 4.78 is 3.16. The summed E-state index contributed by atoms with van der Waals surface area (Å²) >= 11 is 0. The number of fused-ring (bicyclic) bond motifs is 1. The van der Waals surface area contributed by atoms with Crippen LogP contribution in [0.3, 0.4) is 0 Å². The molecule has 0 fully saturated rings. The van der Waals surface area contributed by atoms with Gasteiger partial charge in [-0.1, -0.05) is 12.1 Å². The van der Waals surface area contributed by atoms with Crippen LogP contribution in [0.25, 0.3) is 16.6 Å². The van der Waals surface area contributed by atoms with Crippen LogP contribution in [-0.2, 0) is 13.1 Å². The maximum atomic E-state index is 12.8. The number of nitrogens with one attached hydrogen (secondary N) is 1. The number of nitrogens with zero attached hydrogens (tertiary/aromatic N) is 5. The van der Waals surface area contributed by atoms with Crippen LogP contribution in [0.5, 0.6) is 0 Å². The maximum absolute atomic E-state index is 12.8. The minimum Gasteiger partial charge on any atom is -0.383 e. The van der Waals surface area contributed by atoms with Crippen LogP contribution in [0.2, 0.25) is 0 Å². The molecule has 4 aromatic heterocycles. The molecule has 0 spiro atoms. The second kappa shape index (κ2) is 9.46. The van der Waals surface area contributed by atoms with Gasteiger partial charge in [-0.3, -0.25) is 18.8 Å². The van der Waals surface area contributed by atoms with Crippen LogP contribution in [0, 0.1) is 13.8 Å². The molecule has 0 bridgehead atoms. The molecule has 4 heterocycles. The average Bonchev–Trinajstić information content (AvgIpc) is 3.34. The van der Waals surface area contributed by atoms with Crippen molar-refractivity contribution in [3.05, 3.63) is 112 Å². The molecule has 5 aromatic rings. The third-order valence-corrected chi connectivity index (χ3v) is 6.26. The van der Waals surface area contributed by atoms with Gasteiger partial charge in [0.15, 0.2) is 0 Å². The lowest BCUT2D eigenvalue weighted by molar-refractivity contribution is 0.0950. The summed E-state index contributed by atoms with van der Waals surface area (Å²) in [5.41, 5.74) is 10.4. The molecule has 0 aliphatic rings. The quantitative estimate of drug-likeness (QED) is 0.386. The number of benzene rings is 1. The smallest absolute Gasteiger partial charge is 0.256 e. The molecule has 180 valence electrons. The Hall–Kier alpha value is -4.79. The van der Waals surface area contributed by atoms with Crippen LogP contribution in [0.15, 0.2) is 78.2 Å². The van der Waals surface area contributed by atoms with Crippen molar-refractivity contribution < 1.29 is 4.79 Å². The summed E-state index contributed by atoms with van der Waals surface area (Å²) in [4.78, 5) is 33.3. The van der Waals surface area contributed by atoms with Gasteiger partial charge >= 0.3 is 0 Å². The average molecular weight is 480 g/mol. The largest absolute Gasteiger partial charge is 0.383 e. The highest BCUT2D eigenvalue weighted by atomic mass is 16.1. The van der Waals surface area contributed by atoms with Gasteiger partial charge < -0.3 is 11.1 Å². The number of anilines is 1. The number of hydrogen-bond donors (Lipinski definition) is 2. The van der Waals surface area contributed by atoms with E-state index in [4.69, 9.17) is 5.73 Å². The maximum Gasteiger partial charge on any atom is 0.256 e. The molecule has 0 atom stereocenters. The molecule has 0 radical (unpaired) electrons. The fourth-order valence-corrected chi connectivity index (χ4v) is 4.30. The zero-order valence-electron chi connectivity index (χ0n) is 20.0. The van der Waals surface area contributed by atoms with Crippen LogP contribution >= 0.6 is 0 Å². The molecule has 0 unspecified atom stereocenters. The summed E-state index contributed by atoms with van der Waals surface area (Å²) in [5.74, 6) is 0.843. The number of pyridine rings is 3. The van der Waals surface area contributed by atoms with Gasteiger partial charge in [0.1, 0.15) is 11.6 Å². The Morgan fingerprint density at radius 1 is 1.06 bits per heavy atom. The van der Waals surface area contributed by atoms with E-state index >= 15 is 0 Å². The standard InChI is InChI=1S/C27H25N7O2/c1-17-11-22-21(8-9-29-26(22)28)18(2)23(17)14-31-27(36)20-13-32-33(16-20)15-19-6-7-24(30-12-19)34-10-4-3-5-25(34)35/h3-13,16H,14-15H2,1-2H3,(H2,28,29)(H,31,36). The topological polar surface area (TPSA) is 121 Å². The molecular formula is C27H25N7O2. The van der Waals surface area contributed by atoms with E-state index in [0.717, 1.165) is 33.0 Å². The van der Waals surface area contributed by atoms with Crippen molar-refractivity contribution in [2.24, 2.45) is 0 Å². The first kappa shape index (κ1) is 23.0. The van der Waals surface area contributed by atoms with Crippen LogP contribution in [-0.4, -0.2) is 30.2 Å². The summed E-state index contributed by atoms with van der Waals surface area (Å²) in [6.07, 6.45) is 8.33. The predicted octanol–water partition coefficient (Wildman–Crippen LogP) is 3.15. The first-order valence-corrected chi connectivity index (χ1v) is 11.5. The number of carbonyl (C=O) groups is 1. The molecule has 3 N–H and O–H groups in total. The van der Waals surface area contributed by atoms with Gasteiger partial charge in [-0.2, -0.15) is 5.10 Å². The Kier molecular flexibility index (Phi) is 6.03. The molecule has 5 rings (SSSR count). The second-order valence-electron chi connectivity index (χ2n) is 8.63. The lowest BCUT2D eigenvalue weighted by Gasteiger charge is -2.14. The lowest BCUT2D eigenvalue weighted by atomic mass is 9.96. The monoisotopic (exact) mass is 479 g/mol. The fourth-order valence-electron chi connectivity index (χ4n) is 4.30. The highest BCUT2D eigenvalue weighted by Gasteiger charge is 2.13. The Morgan fingerprint density at radius 2 is 1.92 bits per heavy atom. The third-order valence-electron chi connectivity index (χ3n) is 6.26. The Morgan fingerprint density at radius 3 is 2.69 bits per heavy atom. The Balaban J connectivity index is 1.26. The van der Waals surface area contributed by atoms with Crippen LogP contribution in [0.1, 0.15) is 32.6 Å². The van der Waals surface area contributed by atoms with Gasteiger partial charge in [0, 0.05) is 42.8 Å². The molecule has 0 saturated carbocycles. The summed E-state index contributed by atoms with van der Waals surface area (Å²) in [6.45, 7) is 4.88. The molecule has 36 heavy (non-hydrogen) atoms. The number of nitrogen functional groups attached to an aromatic ring is 1. The van der Waals surface area contributed by atoms with E-state index in [9.17, 15) is 9.59 Å². The first-order chi connectivity index (χ1) is 17.4. The summed E-state index contributed by atoms with van der Waals surface area (Å²) in [6, 6.07) is 12.6. The van der Waals surface area contributed by atoms with Crippen molar-refractivity contribution >= 4 is 22.5 Å². The molecule has 9 heteroatoms. The molecule has 0 aliphatic heterocycles. The fraction of sp³-hybridized carbons (Fsp3) is 0.148. The zero-order valence-corrected chi connectivity index (χ0v) is 20.0. The SMILES string of the molecule is Cc1cc2c(N)nccc2c(C)c1CNC(=O)c1cnn(Cc2ccc(-n3ccccc3=O)nc2)c1. The third kappa shape index (κ3) is 4.46. The van der Waals surface area contributed by atoms with Gasteiger partial charge in [0.05, 0.1) is 18.3 Å². The zero-order chi connectivity index (χ0) is 25.2. The lowest BCUT2D eigenvalue weighted by Crippen LogP contribution is -2.23. The van der Waals surface area contributed by atoms with Gasteiger partial charge in [0.25, 0.3) is 11.5 Å². The molecule has 1 amide bonds. The van der Waals surface area contributed by atoms with E-state index < -0.39 is 0 Å². The highest BCUT2D eigenvalue weighted by Crippen LogP contribution is 2.27. The van der Waals surface area contributed by atoms with Crippen LogP contribution in [0.4, 0.5) is 5.82 Å². The van der Waals surface area contributed by atoms with Gasteiger partial charge in [-0.15, -0.1) is 0 Å². The normalized spacial score (nSPS) is 11.1. The minimum absolute atomic E-state index is 0.143. The number of amides is 1. The van der Waals surface area contributed by atoms with E-state index in [-0.39, 0.29) is 11.5 Å². The number of carbonyl (C=O) groups excluding carboxylic acids is 1. The first-order valence-electron chi connectivity index (χ1n) is 11.5. The number of rotatable bonds is 6. The number of aryl methyl sites for hydroxylation is 2. The Labute approximate surface area is 207 Å².